The van der Waals surface area contributed by atoms with Crippen molar-refractivity contribution in [3.8, 4) is 0 Å². The molecular formula is C9H16BrIO5. The highest BCUT2D eigenvalue weighted by atomic mass is 127. The van der Waals surface area contributed by atoms with Crippen LogP contribution in [0, 0.1) is 0 Å². The molecule has 0 fully saturated rings. The first kappa shape index (κ1) is 18.3. The Balaban J connectivity index is 0. The topological polar surface area (TPSA) is 72.8 Å². The summed E-state index contributed by atoms with van der Waals surface area (Å²) in [5.74, 6) is -0.833. The second-order valence-electron chi connectivity index (χ2n) is 2.94. The molecule has 0 radical (unpaired) electrons. The quantitative estimate of drug-likeness (QED) is 0.437. The van der Waals surface area contributed by atoms with Gasteiger partial charge in [-0.1, -0.05) is 15.9 Å². The van der Waals surface area contributed by atoms with Gasteiger partial charge in [0.05, 0.1) is 6.10 Å². The van der Waals surface area contributed by atoms with E-state index in [4.69, 9.17) is 19.4 Å². The molecule has 0 saturated carbocycles. The van der Waals surface area contributed by atoms with E-state index in [1.165, 1.54) is 0 Å². The summed E-state index contributed by atoms with van der Waals surface area (Å²) in [6.45, 7) is 4.65. The van der Waals surface area contributed by atoms with Gasteiger partial charge in [0.15, 0.2) is 4.11 Å². The third-order valence-electron chi connectivity index (χ3n) is 0.892. The van der Waals surface area contributed by atoms with E-state index in [0.29, 0.717) is 0 Å². The number of alkyl halides is 2. The number of halogens is 2. The second-order valence-corrected chi connectivity index (χ2v) is 5.12. The fourth-order valence-electron chi connectivity index (χ4n) is 0.469. The molecule has 7 heteroatoms. The highest BCUT2D eigenvalue weighted by Crippen LogP contribution is 2.10. The summed E-state index contributed by atoms with van der Waals surface area (Å²) in [5.41, 5.74) is 0. The van der Waals surface area contributed by atoms with Gasteiger partial charge in [-0.3, -0.25) is 4.79 Å². The van der Waals surface area contributed by atoms with Crippen LogP contribution in [0.5, 0.6) is 0 Å². The van der Waals surface area contributed by atoms with Crippen LogP contribution in [0.15, 0.2) is 0 Å². The highest BCUT2D eigenvalue weighted by Gasteiger charge is 2.12. The van der Waals surface area contributed by atoms with E-state index in [1.54, 1.807) is 13.8 Å². The number of carboxylic acids is 1. The van der Waals surface area contributed by atoms with Crippen molar-refractivity contribution in [2.45, 2.75) is 37.4 Å². The average molecular weight is 411 g/mol. The minimum atomic E-state index is -0.833. The number of aliphatic carboxylic acids is 1. The maximum absolute atomic E-state index is 10.9. The monoisotopic (exact) mass is 410 g/mol. The normalized spacial score (nSPS) is 11.1. The fourth-order valence-corrected chi connectivity index (χ4v) is 2.26. The van der Waals surface area contributed by atoms with Crippen LogP contribution < -0.4 is 0 Å². The fraction of sp³-hybridized carbons (Fsp3) is 0.778. The molecule has 0 aliphatic heterocycles. The lowest BCUT2D eigenvalue weighted by molar-refractivity contribution is -0.134. The Bertz CT molecular complexity index is 206. The average Bonchev–Trinajstić information content (AvgIpc) is 2.00. The Morgan fingerprint density at radius 1 is 1.38 bits per heavy atom. The van der Waals surface area contributed by atoms with Gasteiger partial charge in [0.25, 0.3) is 5.97 Å². The Morgan fingerprint density at radius 3 is 2.12 bits per heavy atom. The Kier molecular flexibility index (Phi) is 13.1. The van der Waals surface area contributed by atoms with Crippen LogP contribution >= 0.6 is 38.5 Å². The van der Waals surface area contributed by atoms with E-state index in [1.807, 2.05) is 0 Å². The van der Waals surface area contributed by atoms with Crippen LogP contribution in [0.25, 0.3) is 0 Å². The first-order chi connectivity index (χ1) is 7.29. The molecule has 0 heterocycles. The van der Waals surface area contributed by atoms with E-state index >= 15 is 0 Å². The van der Waals surface area contributed by atoms with Gasteiger partial charge < -0.3 is 14.6 Å². The van der Waals surface area contributed by atoms with Crippen LogP contribution in [-0.4, -0.2) is 32.8 Å². The van der Waals surface area contributed by atoms with Gasteiger partial charge >= 0.3 is 6.16 Å². The van der Waals surface area contributed by atoms with Gasteiger partial charge in [0.2, 0.25) is 0 Å². The molecule has 0 saturated heterocycles. The molecule has 1 N–H and O–H groups in total. The lowest BCUT2D eigenvalue weighted by atomic mass is 10.5. The van der Waals surface area contributed by atoms with Crippen LogP contribution in [0.3, 0.4) is 0 Å². The Labute approximate surface area is 117 Å². The van der Waals surface area contributed by atoms with Gasteiger partial charge in [-0.05, 0) is 36.4 Å². The largest absolute Gasteiger partial charge is 0.509 e. The number of carboxylic acid groups (broad SMARTS) is 1. The predicted molar refractivity (Wildman–Crippen MR) is 72.2 cm³/mol. The molecule has 0 rings (SSSR count). The summed E-state index contributed by atoms with van der Waals surface area (Å²) in [5, 5.41) is 8.23. The molecule has 0 spiro atoms. The van der Waals surface area contributed by atoms with Gasteiger partial charge in [0, 0.05) is 18.7 Å². The molecule has 96 valence electrons. The number of ether oxygens (including phenoxy) is 2. The molecule has 1 atom stereocenters. The molecule has 0 amide bonds. The molecule has 1 unspecified atom stereocenters. The van der Waals surface area contributed by atoms with Gasteiger partial charge in [0.1, 0.15) is 0 Å². The zero-order valence-electron chi connectivity index (χ0n) is 9.41. The second kappa shape index (κ2) is 11.4. The summed E-state index contributed by atoms with van der Waals surface area (Å²) in [4.78, 5) is 19.9. The number of carbonyl (C=O) groups is 2. The Hall–Kier alpha value is -0.0500. The van der Waals surface area contributed by atoms with E-state index in [-0.39, 0.29) is 10.2 Å². The van der Waals surface area contributed by atoms with E-state index < -0.39 is 12.1 Å². The number of rotatable bonds is 4. The third kappa shape index (κ3) is 19.5. The van der Waals surface area contributed by atoms with Crippen LogP contribution in [-0.2, 0) is 14.3 Å². The van der Waals surface area contributed by atoms with E-state index in [2.05, 4.69) is 38.5 Å². The van der Waals surface area contributed by atoms with Gasteiger partial charge in [-0.15, -0.1) is 0 Å². The van der Waals surface area contributed by atoms with E-state index in [9.17, 15) is 4.79 Å². The standard InChI is InChI=1S/C7H12BrIO3.C2H4O2/c1-5(2)11-7(10)12-6(9)3-4-8;1-2(3)4/h5-6H,3-4H2,1-2H3;1H3,(H,3,4). The zero-order valence-corrected chi connectivity index (χ0v) is 13.1. The molecule has 0 aliphatic rings. The molecule has 0 bridgehead atoms. The van der Waals surface area contributed by atoms with Crippen molar-refractivity contribution in [2.75, 3.05) is 5.33 Å². The molecule has 16 heavy (non-hydrogen) atoms. The van der Waals surface area contributed by atoms with Crippen LogP contribution in [0.1, 0.15) is 27.2 Å². The van der Waals surface area contributed by atoms with Crippen LogP contribution in [0.2, 0.25) is 0 Å². The lowest BCUT2D eigenvalue weighted by Gasteiger charge is -2.11. The molecule has 0 aromatic carbocycles. The summed E-state index contributed by atoms with van der Waals surface area (Å²) in [6.07, 6.45) is 0.0729. The molecule has 5 nitrogen and oxygen atoms in total. The molecule has 0 aromatic rings. The minimum Gasteiger partial charge on any atom is -0.481 e. The number of hydrogen-bond acceptors (Lipinski definition) is 4. The molecule has 0 aliphatic carbocycles. The smallest absolute Gasteiger partial charge is 0.481 e. The molecule has 0 aromatic heterocycles. The van der Waals surface area contributed by atoms with Crippen molar-refractivity contribution < 1.29 is 24.2 Å². The summed E-state index contributed by atoms with van der Waals surface area (Å²) in [6, 6.07) is 0. The molecular weight excluding hydrogens is 395 g/mol. The highest BCUT2D eigenvalue weighted by molar-refractivity contribution is 14.1. The first-order valence-corrected chi connectivity index (χ1v) is 6.93. The van der Waals surface area contributed by atoms with Crippen molar-refractivity contribution in [2.24, 2.45) is 0 Å². The van der Waals surface area contributed by atoms with E-state index in [0.717, 1.165) is 18.7 Å². The number of carbonyl (C=O) groups excluding carboxylic acids is 1. The van der Waals surface area contributed by atoms with Gasteiger partial charge in [-0.2, -0.15) is 0 Å². The van der Waals surface area contributed by atoms with Crippen molar-refractivity contribution in [1.29, 1.82) is 0 Å². The van der Waals surface area contributed by atoms with Crippen molar-refractivity contribution in [1.82, 2.24) is 0 Å². The summed E-state index contributed by atoms with van der Waals surface area (Å²) in [7, 11) is 0. The van der Waals surface area contributed by atoms with Gasteiger partial charge in [-0.25, -0.2) is 4.79 Å². The van der Waals surface area contributed by atoms with Crippen molar-refractivity contribution >= 4 is 50.6 Å². The SMILES string of the molecule is CC(=O)O.CC(C)OC(=O)OC(I)CCBr. The van der Waals surface area contributed by atoms with Crippen molar-refractivity contribution in [3.05, 3.63) is 0 Å². The number of hydrogen-bond donors (Lipinski definition) is 1. The maximum atomic E-state index is 10.9. The predicted octanol–water partition coefficient (Wildman–Crippen LogP) is 3.19. The first-order valence-electron chi connectivity index (χ1n) is 4.56. The van der Waals surface area contributed by atoms with Crippen molar-refractivity contribution in [3.63, 3.8) is 0 Å². The van der Waals surface area contributed by atoms with Crippen LogP contribution in [0.4, 0.5) is 4.79 Å². The summed E-state index contributed by atoms with van der Waals surface area (Å²) < 4.78 is 9.57. The zero-order chi connectivity index (χ0) is 13.1. The third-order valence-corrected chi connectivity index (χ3v) is 2.23. The summed E-state index contributed by atoms with van der Waals surface area (Å²) >= 11 is 5.30. The minimum absolute atomic E-state index is 0.117. The maximum Gasteiger partial charge on any atom is 0.509 e. The Morgan fingerprint density at radius 2 is 1.81 bits per heavy atom. The lowest BCUT2D eigenvalue weighted by Crippen LogP contribution is -2.17.